The van der Waals surface area contributed by atoms with Crippen LogP contribution >= 0.6 is 0 Å². The molecular formula is C10H19N3O2. The summed E-state index contributed by atoms with van der Waals surface area (Å²) >= 11 is 0. The highest BCUT2D eigenvalue weighted by atomic mass is 16.2. The van der Waals surface area contributed by atoms with Gasteiger partial charge in [0.05, 0.1) is 0 Å². The van der Waals surface area contributed by atoms with Crippen LogP contribution in [-0.2, 0) is 4.79 Å². The van der Waals surface area contributed by atoms with E-state index >= 15 is 0 Å². The Morgan fingerprint density at radius 1 is 1.47 bits per heavy atom. The summed E-state index contributed by atoms with van der Waals surface area (Å²) in [7, 11) is 0. The number of imide groups is 1. The minimum Gasteiger partial charge on any atom is -0.326 e. The Kier molecular flexibility index (Phi) is 3.34. The van der Waals surface area contributed by atoms with Crippen LogP contribution in [-0.4, -0.2) is 35.0 Å². The Bertz CT molecular complexity index is 270. The fourth-order valence-electron chi connectivity index (χ4n) is 1.62. The summed E-state index contributed by atoms with van der Waals surface area (Å²) in [5.41, 5.74) is 5.24. The lowest BCUT2D eigenvalue weighted by Crippen LogP contribution is -2.48. The molecule has 5 heteroatoms. The monoisotopic (exact) mass is 213 g/mol. The summed E-state index contributed by atoms with van der Waals surface area (Å²) in [6, 6.07) is -0.679. The summed E-state index contributed by atoms with van der Waals surface area (Å²) in [6.07, 6.45) is 1.56. The average Bonchev–Trinajstić information content (AvgIpc) is 2.32. The van der Waals surface area contributed by atoms with E-state index in [0.717, 1.165) is 6.42 Å². The SMILES string of the molecule is CCCC1NC(=O)N(CC(C)(C)N)C1=O. The number of hydrogen-bond donors (Lipinski definition) is 2. The lowest BCUT2D eigenvalue weighted by Gasteiger charge is -2.23. The molecule has 0 aromatic carbocycles. The molecule has 3 amide bonds. The number of carbonyl (C=O) groups excluding carboxylic acids is 2. The molecule has 1 atom stereocenters. The molecule has 0 aromatic rings. The van der Waals surface area contributed by atoms with Crippen LogP contribution in [0, 0.1) is 0 Å². The second-order valence-electron chi connectivity index (χ2n) is 4.70. The van der Waals surface area contributed by atoms with Gasteiger partial charge in [-0.05, 0) is 20.3 Å². The smallest absolute Gasteiger partial charge is 0.324 e. The number of nitrogens with one attached hydrogen (secondary N) is 1. The van der Waals surface area contributed by atoms with Crippen LogP contribution in [0.2, 0.25) is 0 Å². The van der Waals surface area contributed by atoms with Crippen molar-refractivity contribution in [2.75, 3.05) is 6.54 Å². The van der Waals surface area contributed by atoms with Gasteiger partial charge < -0.3 is 11.1 Å². The summed E-state index contributed by atoms with van der Waals surface area (Å²) in [4.78, 5) is 24.5. The molecule has 0 aliphatic carbocycles. The third kappa shape index (κ3) is 2.92. The van der Waals surface area contributed by atoms with E-state index in [9.17, 15) is 9.59 Å². The van der Waals surface area contributed by atoms with E-state index in [2.05, 4.69) is 5.32 Å². The maximum absolute atomic E-state index is 11.8. The van der Waals surface area contributed by atoms with Crippen LogP contribution in [0.5, 0.6) is 0 Å². The zero-order valence-corrected chi connectivity index (χ0v) is 9.54. The Morgan fingerprint density at radius 3 is 2.53 bits per heavy atom. The van der Waals surface area contributed by atoms with Gasteiger partial charge in [-0.1, -0.05) is 13.3 Å². The third-order valence-electron chi connectivity index (χ3n) is 2.25. The largest absolute Gasteiger partial charge is 0.326 e. The van der Waals surface area contributed by atoms with Crippen molar-refractivity contribution in [2.45, 2.75) is 45.2 Å². The number of nitrogens with two attached hydrogens (primary N) is 1. The van der Waals surface area contributed by atoms with E-state index in [4.69, 9.17) is 5.73 Å². The van der Waals surface area contributed by atoms with Gasteiger partial charge in [0.25, 0.3) is 5.91 Å². The fourth-order valence-corrected chi connectivity index (χ4v) is 1.62. The summed E-state index contributed by atoms with van der Waals surface area (Å²) in [5, 5.41) is 2.66. The number of hydrogen-bond acceptors (Lipinski definition) is 3. The maximum Gasteiger partial charge on any atom is 0.324 e. The zero-order chi connectivity index (χ0) is 11.6. The highest BCUT2D eigenvalue weighted by molar-refractivity contribution is 6.04. The highest BCUT2D eigenvalue weighted by Gasteiger charge is 2.38. The van der Waals surface area contributed by atoms with Gasteiger partial charge in [0.1, 0.15) is 6.04 Å². The van der Waals surface area contributed by atoms with E-state index in [0.29, 0.717) is 6.42 Å². The van der Waals surface area contributed by atoms with Gasteiger partial charge in [-0.25, -0.2) is 4.79 Å². The Labute approximate surface area is 90.0 Å². The van der Waals surface area contributed by atoms with Crippen LogP contribution in [0.3, 0.4) is 0 Å². The normalized spacial score (nSPS) is 22.1. The second-order valence-corrected chi connectivity index (χ2v) is 4.70. The molecule has 0 bridgehead atoms. The van der Waals surface area contributed by atoms with Crippen molar-refractivity contribution in [3.05, 3.63) is 0 Å². The van der Waals surface area contributed by atoms with Gasteiger partial charge in [0.15, 0.2) is 0 Å². The number of rotatable bonds is 4. The minimum atomic E-state index is -0.548. The number of nitrogens with zero attached hydrogens (tertiary/aromatic N) is 1. The molecule has 0 saturated carbocycles. The Balaban J connectivity index is 2.67. The molecule has 0 aromatic heterocycles. The molecule has 1 heterocycles. The van der Waals surface area contributed by atoms with Crippen molar-refractivity contribution in [1.82, 2.24) is 10.2 Å². The molecular weight excluding hydrogens is 194 g/mol. The summed E-state index contributed by atoms with van der Waals surface area (Å²) in [5.74, 6) is -0.152. The first kappa shape index (κ1) is 12.0. The van der Waals surface area contributed by atoms with Gasteiger partial charge in [-0.2, -0.15) is 0 Å². The predicted molar refractivity (Wildman–Crippen MR) is 57.2 cm³/mol. The van der Waals surface area contributed by atoms with Crippen molar-refractivity contribution >= 4 is 11.9 Å². The van der Waals surface area contributed by atoms with Crippen molar-refractivity contribution < 1.29 is 9.59 Å². The number of carbonyl (C=O) groups is 2. The lowest BCUT2D eigenvalue weighted by molar-refractivity contribution is -0.128. The first-order chi connectivity index (χ1) is 6.85. The molecule has 86 valence electrons. The third-order valence-corrected chi connectivity index (χ3v) is 2.25. The number of urea groups is 1. The van der Waals surface area contributed by atoms with E-state index in [1.807, 2.05) is 6.92 Å². The number of amides is 3. The van der Waals surface area contributed by atoms with E-state index in [1.54, 1.807) is 13.8 Å². The Hall–Kier alpha value is -1.10. The average molecular weight is 213 g/mol. The summed E-state index contributed by atoms with van der Waals surface area (Å²) < 4.78 is 0. The molecule has 15 heavy (non-hydrogen) atoms. The van der Waals surface area contributed by atoms with Gasteiger partial charge in [-0.15, -0.1) is 0 Å². The van der Waals surface area contributed by atoms with Crippen LogP contribution in [0.4, 0.5) is 4.79 Å². The minimum absolute atomic E-state index is 0.152. The van der Waals surface area contributed by atoms with E-state index < -0.39 is 5.54 Å². The van der Waals surface area contributed by atoms with Crippen LogP contribution in [0.15, 0.2) is 0 Å². The standard InChI is InChI=1S/C10H19N3O2/c1-4-5-7-8(14)13(9(15)12-7)6-10(2,3)11/h7H,4-6,11H2,1-3H3,(H,12,15). The van der Waals surface area contributed by atoms with Crippen molar-refractivity contribution in [2.24, 2.45) is 5.73 Å². The van der Waals surface area contributed by atoms with Gasteiger partial charge >= 0.3 is 6.03 Å². The molecule has 1 fully saturated rings. The maximum atomic E-state index is 11.8. The van der Waals surface area contributed by atoms with Crippen LogP contribution in [0.25, 0.3) is 0 Å². The van der Waals surface area contributed by atoms with Crippen molar-refractivity contribution in [3.63, 3.8) is 0 Å². The highest BCUT2D eigenvalue weighted by Crippen LogP contribution is 2.13. The quantitative estimate of drug-likeness (QED) is 0.665. The topological polar surface area (TPSA) is 75.4 Å². The molecule has 1 unspecified atom stereocenters. The van der Waals surface area contributed by atoms with Crippen LogP contribution < -0.4 is 11.1 Å². The molecule has 1 aliphatic heterocycles. The predicted octanol–water partition coefficient (Wildman–Crippen LogP) is 0.444. The van der Waals surface area contributed by atoms with E-state index in [1.165, 1.54) is 4.90 Å². The first-order valence-electron chi connectivity index (χ1n) is 5.26. The molecule has 3 N–H and O–H groups in total. The van der Waals surface area contributed by atoms with Crippen LogP contribution in [0.1, 0.15) is 33.6 Å². The second kappa shape index (κ2) is 4.18. The fraction of sp³-hybridized carbons (Fsp3) is 0.800. The van der Waals surface area contributed by atoms with Crippen molar-refractivity contribution in [3.8, 4) is 0 Å². The molecule has 1 rings (SSSR count). The van der Waals surface area contributed by atoms with Crippen molar-refractivity contribution in [1.29, 1.82) is 0 Å². The molecule has 0 spiro atoms. The first-order valence-corrected chi connectivity index (χ1v) is 5.26. The van der Waals surface area contributed by atoms with E-state index in [-0.39, 0.29) is 24.5 Å². The van der Waals surface area contributed by atoms with Gasteiger partial charge in [0.2, 0.25) is 0 Å². The summed E-state index contributed by atoms with van der Waals surface area (Å²) in [6.45, 7) is 5.83. The Morgan fingerprint density at radius 2 is 2.07 bits per heavy atom. The lowest BCUT2D eigenvalue weighted by atomic mass is 10.1. The molecule has 1 saturated heterocycles. The molecule has 1 aliphatic rings. The van der Waals surface area contributed by atoms with Gasteiger partial charge in [-0.3, -0.25) is 9.69 Å². The molecule has 5 nitrogen and oxygen atoms in total. The van der Waals surface area contributed by atoms with Gasteiger partial charge in [0, 0.05) is 12.1 Å². The zero-order valence-electron chi connectivity index (χ0n) is 9.54. The molecule has 0 radical (unpaired) electrons.